The third-order valence-electron chi connectivity index (χ3n) is 2.82. The van der Waals surface area contributed by atoms with E-state index < -0.39 is 23.4 Å². The highest BCUT2D eigenvalue weighted by atomic mass is 19.1. The SMILES string of the molecule is Cc1c(N)cc(C(=O)Nc2cc(F)ccc2F)cc1F. The maximum atomic E-state index is 13.5. The van der Waals surface area contributed by atoms with Gasteiger partial charge in [-0.25, -0.2) is 13.2 Å². The lowest BCUT2D eigenvalue weighted by molar-refractivity contribution is 0.102. The predicted octanol–water partition coefficient (Wildman–Crippen LogP) is 3.25. The van der Waals surface area contributed by atoms with Crippen molar-refractivity contribution in [2.45, 2.75) is 6.92 Å². The molecule has 3 nitrogen and oxygen atoms in total. The molecule has 0 unspecified atom stereocenters. The average Bonchev–Trinajstić information content (AvgIpc) is 2.39. The van der Waals surface area contributed by atoms with Crippen LogP contribution in [0.15, 0.2) is 30.3 Å². The summed E-state index contributed by atoms with van der Waals surface area (Å²) in [5, 5.41) is 2.17. The summed E-state index contributed by atoms with van der Waals surface area (Å²) in [5.74, 6) is -2.91. The Bertz CT molecular complexity index is 663. The number of rotatable bonds is 2. The van der Waals surface area contributed by atoms with Gasteiger partial charge in [0.05, 0.1) is 5.69 Å². The van der Waals surface area contributed by atoms with E-state index in [1.165, 1.54) is 13.0 Å². The van der Waals surface area contributed by atoms with Crippen LogP contribution in [0.5, 0.6) is 0 Å². The highest BCUT2D eigenvalue weighted by molar-refractivity contribution is 6.05. The van der Waals surface area contributed by atoms with Crippen LogP contribution < -0.4 is 11.1 Å². The molecular weight excluding hydrogens is 269 g/mol. The summed E-state index contributed by atoms with van der Waals surface area (Å²) in [7, 11) is 0. The Labute approximate surface area is 113 Å². The van der Waals surface area contributed by atoms with Crippen molar-refractivity contribution in [1.29, 1.82) is 0 Å². The Kier molecular flexibility index (Phi) is 3.65. The molecule has 2 aromatic carbocycles. The van der Waals surface area contributed by atoms with Crippen LogP contribution in [-0.4, -0.2) is 5.91 Å². The Morgan fingerprint density at radius 2 is 1.80 bits per heavy atom. The van der Waals surface area contributed by atoms with Crippen molar-refractivity contribution in [3.05, 3.63) is 58.9 Å². The normalized spacial score (nSPS) is 10.4. The first-order valence-corrected chi connectivity index (χ1v) is 5.70. The van der Waals surface area contributed by atoms with E-state index in [0.29, 0.717) is 0 Å². The van der Waals surface area contributed by atoms with Crippen LogP contribution in [-0.2, 0) is 0 Å². The van der Waals surface area contributed by atoms with E-state index in [-0.39, 0.29) is 22.5 Å². The van der Waals surface area contributed by atoms with Crippen LogP contribution in [0, 0.1) is 24.4 Å². The van der Waals surface area contributed by atoms with Crippen molar-refractivity contribution >= 4 is 17.3 Å². The van der Waals surface area contributed by atoms with Gasteiger partial charge in [0.25, 0.3) is 5.91 Å². The maximum absolute atomic E-state index is 13.5. The fraction of sp³-hybridized carbons (Fsp3) is 0.0714. The molecule has 1 amide bonds. The lowest BCUT2D eigenvalue weighted by Gasteiger charge is -2.09. The zero-order valence-corrected chi connectivity index (χ0v) is 10.5. The summed E-state index contributed by atoms with van der Waals surface area (Å²) in [5.41, 5.74) is 5.48. The number of halogens is 3. The van der Waals surface area contributed by atoms with Gasteiger partial charge in [-0.2, -0.15) is 0 Å². The number of benzene rings is 2. The number of nitrogen functional groups attached to an aromatic ring is 1. The second kappa shape index (κ2) is 5.24. The zero-order chi connectivity index (χ0) is 14.9. The van der Waals surface area contributed by atoms with Crippen LogP contribution in [0.1, 0.15) is 15.9 Å². The molecule has 0 aliphatic rings. The number of nitrogens with two attached hydrogens (primary N) is 1. The fourth-order valence-corrected chi connectivity index (χ4v) is 1.62. The Balaban J connectivity index is 2.31. The van der Waals surface area contributed by atoms with Crippen molar-refractivity contribution in [1.82, 2.24) is 0 Å². The van der Waals surface area contributed by atoms with Gasteiger partial charge in [-0.05, 0) is 31.2 Å². The summed E-state index contributed by atoms with van der Waals surface area (Å²) < 4.78 is 39.9. The van der Waals surface area contributed by atoms with Gasteiger partial charge in [0, 0.05) is 22.9 Å². The van der Waals surface area contributed by atoms with Gasteiger partial charge >= 0.3 is 0 Å². The van der Waals surface area contributed by atoms with Crippen LogP contribution in [0.2, 0.25) is 0 Å². The zero-order valence-electron chi connectivity index (χ0n) is 10.5. The molecule has 6 heteroatoms. The van der Waals surface area contributed by atoms with Gasteiger partial charge < -0.3 is 11.1 Å². The summed E-state index contributed by atoms with van der Waals surface area (Å²) in [6.45, 7) is 1.47. The smallest absolute Gasteiger partial charge is 0.255 e. The largest absolute Gasteiger partial charge is 0.398 e. The molecule has 2 rings (SSSR count). The summed E-state index contributed by atoms with van der Waals surface area (Å²) in [6, 6.07) is 4.90. The minimum absolute atomic E-state index is 0.0748. The van der Waals surface area contributed by atoms with Gasteiger partial charge in [0.1, 0.15) is 17.5 Å². The highest BCUT2D eigenvalue weighted by Gasteiger charge is 2.13. The predicted molar refractivity (Wildman–Crippen MR) is 69.9 cm³/mol. The van der Waals surface area contributed by atoms with E-state index in [2.05, 4.69) is 5.32 Å². The van der Waals surface area contributed by atoms with Crippen LogP contribution >= 0.6 is 0 Å². The Hall–Kier alpha value is -2.50. The lowest BCUT2D eigenvalue weighted by atomic mass is 10.1. The maximum Gasteiger partial charge on any atom is 0.255 e. The standard InChI is InChI=1S/C14H11F3N2O/c1-7-11(17)4-8(5-12(7)18)14(20)19-13-6-9(15)2-3-10(13)16/h2-6H,18H2,1H3,(H,19,20). The number of carbonyl (C=O) groups excluding carboxylic acids is 1. The van der Waals surface area contributed by atoms with E-state index >= 15 is 0 Å². The van der Waals surface area contributed by atoms with E-state index in [1.807, 2.05) is 0 Å². The quantitative estimate of drug-likeness (QED) is 0.830. The third kappa shape index (κ3) is 2.74. The molecule has 0 bridgehead atoms. The van der Waals surface area contributed by atoms with Crippen LogP contribution in [0.25, 0.3) is 0 Å². The molecule has 0 saturated heterocycles. The van der Waals surface area contributed by atoms with Gasteiger partial charge in [0.2, 0.25) is 0 Å². The van der Waals surface area contributed by atoms with Crippen molar-refractivity contribution < 1.29 is 18.0 Å². The van der Waals surface area contributed by atoms with E-state index in [9.17, 15) is 18.0 Å². The number of anilines is 2. The van der Waals surface area contributed by atoms with E-state index in [0.717, 1.165) is 24.3 Å². The topological polar surface area (TPSA) is 55.1 Å². The highest BCUT2D eigenvalue weighted by Crippen LogP contribution is 2.20. The van der Waals surface area contributed by atoms with Crippen LogP contribution in [0.3, 0.4) is 0 Å². The Morgan fingerprint density at radius 1 is 1.10 bits per heavy atom. The molecule has 0 heterocycles. The minimum Gasteiger partial charge on any atom is -0.398 e. The van der Waals surface area contributed by atoms with Gasteiger partial charge in [-0.15, -0.1) is 0 Å². The van der Waals surface area contributed by atoms with Crippen molar-refractivity contribution in [3.63, 3.8) is 0 Å². The molecule has 0 fully saturated rings. The molecule has 0 aliphatic carbocycles. The van der Waals surface area contributed by atoms with Crippen molar-refractivity contribution in [2.75, 3.05) is 11.1 Å². The molecular formula is C14H11F3N2O. The van der Waals surface area contributed by atoms with Gasteiger partial charge in [-0.1, -0.05) is 0 Å². The average molecular weight is 280 g/mol. The molecule has 2 aromatic rings. The first-order valence-electron chi connectivity index (χ1n) is 5.70. The molecule has 104 valence electrons. The van der Waals surface area contributed by atoms with Crippen molar-refractivity contribution in [3.8, 4) is 0 Å². The number of nitrogens with one attached hydrogen (secondary N) is 1. The third-order valence-corrected chi connectivity index (χ3v) is 2.82. The van der Waals surface area contributed by atoms with Crippen LogP contribution in [0.4, 0.5) is 24.5 Å². The molecule has 3 N–H and O–H groups in total. The first kappa shape index (κ1) is 13.9. The summed E-state index contributed by atoms with van der Waals surface area (Å²) >= 11 is 0. The van der Waals surface area contributed by atoms with E-state index in [4.69, 9.17) is 5.73 Å². The molecule has 0 saturated carbocycles. The number of hydrogen-bond acceptors (Lipinski definition) is 2. The molecule has 0 aliphatic heterocycles. The number of carbonyl (C=O) groups is 1. The molecule has 20 heavy (non-hydrogen) atoms. The second-order valence-electron chi connectivity index (χ2n) is 4.25. The minimum atomic E-state index is -0.791. The second-order valence-corrected chi connectivity index (χ2v) is 4.25. The monoisotopic (exact) mass is 280 g/mol. The Morgan fingerprint density at radius 3 is 2.45 bits per heavy atom. The molecule has 0 radical (unpaired) electrons. The summed E-state index contributed by atoms with van der Waals surface area (Å²) in [4.78, 5) is 11.9. The van der Waals surface area contributed by atoms with E-state index in [1.54, 1.807) is 0 Å². The first-order chi connectivity index (χ1) is 9.38. The van der Waals surface area contributed by atoms with Gasteiger partial charge in [0.15, 0.2) is 0 Å². The number of hydrogen-bond donors (Lipinski definition) is 2. The lowest BCUT2D eigenvalue weighted by Crippen LogP contribution is -2.14. The molecule has 0 atom stereocenters. The fourth-order valence-electron chi connectivity index (χ4n) is 1.62. The molecule has 0 spiro atoms. The molecule has 0 aromatic heterocycles. The number of amides is 1. The van der Waals surface area contributed by atoms with Gasteiger partial charge in [-0.3, -0.25) is 4.79 Å². The summed E-state index contributed by atoms with van der Waals surface area (Å²) in [6.07, 6.45) is 0. The van der Waals surface area contributed by atoms with Crippen molar-refractivity contribution in [2.24, 2.45) is 0 Å².